The SMILES string of the molecule is Cc1nc2c3ccccc3nn2c(C)c1CCC(=O)N1CCCc2c(N)cccc21. The minimum Gasteiger partial charge on any atom is -0.398 e. The Morgan fingerprint density at radius 3 is 2.83 bits per heavy atom. The minimum atomic E-state index is 0.131. The van der Waals surface area contributed by atoms with Crippen molar-refractivity contribution < 1.29 is 4.79 Å². The molecule has 0 unspecified atom stereocenters. The summed E-state index contributed by atoms with van der Waals surface area (Å²) >= 11 is 0. The van der Waals surface area contributed by atoms with Crippen LogP contribution in [-0.4, -0.2) is 27.0 Å². The fraction of sp³-hybridized carbons (Fsp3) is 0.292. The van der Waals surface area contributed by atoms with Gasteiger partial charge in [-0.3, -0.25) is 4.79 Å². The maximum absolute atomic E-state index is 13.1. The van der Waals surface area contributed by atoms with E-state index in [2.05, 4.69) is 6.92 Å². The van der Waals surface area contributed by atoms with Crippen LogP contribution in [0.2, 0.25) is 0 Å². The number of carbonyl (C=O) groups is 1. The van der Waals surface area contributed by atoms with E-state index in [4.69, 9.17) is 15.8 Å². The van der Waals surface area contributed by atoms with Crippen LogP contribution in [-0.2, 0) is 17.6 Å². The molecule has 3 heterocycles. The van der Waals surface area contributed by atoms with Gasteiger partial charge in [0.1, 0.15) is 0 Å². The number of nitrogens with zero attached hydrogens (tertiary/aromatic N) is 4. The molecule has 0 saturated carbocycles. The molecule has 0 spiro atoms. The average molecular weight is 399 g/mol. The van der Waals surface area contributed by atoms with Gasteiger partial charge in [-0.15, -0.1) is 0 Å². The molecule has 4 aromatic rings. The van der Waals surface area contributed by atoms with Crippen molar-refractivity contribution in [3.05, 3.63) is 65.0 Å². The number of carbonyl (C=O) groups excluding carboxylic acids is 1. The predicted octanol–water partition coefficient (Wildman–Crippen LogP) is 3.99. The van der Waals surface area contributed by atoms with Crippen molar-refractivity contribution >= 4 is 33.8 Å². The first-order valence-corrected chi connectivity index (χ1v) is 10.5. The number of nitrogen functional groups attached to an aromatic ring is 1. The standard InChI is InChI=1S/C24H25N5O/c1-15-17(16(2)29-24(26-15)19-7-3-4-10-21(19)27-29)12-13-23(30)28-14-6-8-18-20(25)9-5-11-22(18)28/h3-5,7,9-11H,6,8,12-14,25H2,1-2H3. The second kappa shape index (κ2) is 7.13. The van der Waals surface area contributed by atoms with Crippen LogP contribution in [0, 0.1) is 13.8 Å². The summed E-state index contributed by atoms with van der Waals surface area (Å²) in [6, 6.07) is 13.9. The maximum Gasteiger partial charge on any atom is 0.227 e. The monoisotopic (exact) mass is 399 g/mol. The molecule has 0 aliphatic carbocycles. The molecular weight excluding hydrogens is 374 g/mol. The van der Waals surface area contributed by atoms with E-state index in [0.717, 1.165) is 69.8 Å². The van der Waals surface area contributed by atoms with Crippen molar-refractivity contribution in [1.29, 1.82) is 0 Å². The van der Waals surface area contributed by atoms with Gasteiger partial charge < -0.3 is 10.6 Å². The third-order valence-electron chi connectivity index (χ3n) is 6.19. The van der Waals surface area contributed by atoms with Gasteiger partial charge in [-0.2, -0.15) is 5.10 Å². The predicted molar refractivity (Wildman–Crippen MR) is 120 cm³/mol. The van der Waals surface area contributed by atoms with Gasteiger partial charge in [0.05, 0.1) is 5.52 Å². The number of anilines is 2. The Morgan fingerprint density at radius 1 is 1.13 bits per heavy atom. The average Bonchev–Trinajstić information content (AvgIpc) is 3.12. The summed E-state index contributed by atoms with van der Waals surface area (Å²) in [5.41, 5.74) is 13.9. The Kier molecular flexibility index (Phi) is 4.42. The number of aromatic nitrogens is 3. The summed E-state index contributed by atoms with van der Waals surface area (Å²) in [6.07, 6.45) is 2.95. The molecule has 2 aromatic heterocycles. The first-order chi connectivity index (χ1) is 14.5. The van der Waals surface area contributed by atoms with E-state index >= 15 is 0 Å². The van der Waals surface area contributed by atoms with Gasteiger partial charge in [0, 0.05) is 41.1 Å². The topological polar surface area (TPSA) is 76.5 Å². The van der Waals surface area contributed by atoms with E-state index in [9.17, 15) is 4.79 Å². The van der Waals surface area contributed by atoms with Crippen molar-refractivity contribution in [1.82, 2.24) is 14.6 Å². The van der Waals surface area contributed by atoms with Crippen molar-refractivity contribution in [2.75, 3.05) is 17.2 Å². The van der Waals surface area contributed by atoms with Crippen LogP contribution in [0.1, 0.15) is 35.4 Å². The zero-order chi connectivity index (χ0) is 20.8. The molecule has 1 aliphatic heterocycles. The van der Waals surface area contributed by atoms with Gasteiger partial charge in [-0.1, -0.05) is 18.2 Å². The molecule has 0 saturated heterocycles. The Labute approximate surface area is 175 Å². The van der Waals surface area contributed by atoms with Crippen molar-refractivity contribution in [3.63, 3.8) is 0 Å². The molecule has 5 rings (SSSR count). The Bertz CT molecular complexity index is 1290. The lowest BCUT2D eigenvalue weighted by molar-refractivity contribution is -0.118. The first kappa shape index (κ1) is 18.6. The van der Waals surface area contributed by atoms with Crippen LogP contribution in [0.3, 0.4) is 0 Å². The number of rotatable bonds is 3. The largest absolute Gasteiger partial charge is 0.398 e. The van der Waals surface area contributed by atoms with Crippen LogP contribution in [0.15, 0.2) is 42.5 Å². The quantitative estimate of drug-likeness (QED) is 0.529. The Morgan fingerprint density at radius 2 is 1.97 bits per heavy atom. The van der Waals surface area contributed by atoms with Gasteiger partial charge in [0.25, 0.3) is 0 Å². The minimum absolute atomic E-state index is 0.131. The second-order valence-corrected chi connectivity index (χ2v) is 8.01. The van der Waals surface area contributed by atoms with Crippen LogP contribution >= 0.6 is 0 Å². The number of hydrogen-bond donors (Lipinski definition) is 1. The van der Waals surface area contributed by atoms with Gasteiger partial charge in [0.2, 0.25) is 5.91 Å². The van der Waals surface area contributed by atoms with Gasteiger partial charge >= 0.3 is 0 Å². The molecule has 1 aliphatic rings. The molecule has 0 bridgehead atoms. The fourth-order valence-electron chi connectivity index (χ4n) is 4.62. The number of fused-ring (bicyclic) bond motifs is 4. The highest BCUT2D eigenvalue weighted by Gasteiger charge is 2.24. The number of aryl methyl sites for hydroxylation is 2. The summed E-state index contributed by atoms with van der Waals surface area (Å²) in [5, 5.41) is 5.77. The second-order valence-electron chi connectivity index (χ2n) is 8.01. The van der Waals surface area contributed by atoms with Crippen LogP contribution in [0.4, 0.5) is 11.4 Å². The van der Waals surface area contributed by atoms with E-state index in [1.807, 2.05) is 58.8 Å². The molecule has 152 valence electrons. The number of benzene rings is 2. The highest BCUT2D eigenvalue weighted by atomic mass is 16.2. The number of nitrogens with two attached hydrogens (primary N) is 1. The molecule has 0 fully saturated rings. The molecule has 30 heavy (non-hydrogen) atoms. The molecule has 2 aromatic carbocycles. The normalized spacial score (nSPS) is 13.7. The van der Waals surface area contributed by atoms with Crippen molar-refractivity contribution in [3.8, 4) is 0 Å². The van der Waals surface area contributed by atoms with Crippen molar-refractivity contribution in [2.45, 2.75) is 39.5 Å². The van der Waals surface area contributed by atoms with Crippen LogP contribution in [0.5, 0.6) is 0 Å². The summed E-state index contributed by atoms with van der Waals surface area (Å²) < 4.78 is 1.91. The third kappa shape index (κ3) is 2.91. The number of hydrogen-bond acceptors (Lipinski definition) is 4. The summed E-state index contributed by atoms with van der Waals surface area (Å²) in [6.45, 7) is 4.82. The summed E-state index contributed by atoms with van der Waals surface area (Å²) in [5.74, 6) is 0.131. The lowest BCUT2D eigenvalue weighted by Gasteiger charge is -2.30. The molecule has 2 N–H and O–H groups in total. The number of amides is 1. The molecule has 6 nitrogen and oxygen atoms in total. The van der Waals surface area contributed by atoms with E-state index < -0.39 is 0 Å². The third-order valence-corrected chi connectivity index (χ3v) is 6.19. The Hall–Kier alpha value is -3.41. The van der Waals surface area contributed by atoms with Gasteiger partial charge in [0.15, 0.2) is 5.65 Å². The van der Waals surface area contributed by atoms with Gasteiger partial charge in [-0.25, -0.2) is 9.50 Å². The van der Waals surface area contributed by atoms with Crippen molar-refractivity contribution in [2.24, 2.45) is 0 Å². The molecule has 0 radical (unpaired) electrons. The van der Waals surface area contributed by atoms with Gasteiger partial charge in [-0.05, 0) is 68.5 Å². The lowest BCUT2D eigenvalue weighted by atomic mass is 9.99. The smallest absolute Gasteiger partial charge is 0.227 e. The van der Waals surface area contributed by atoms with E-state index in [0.29, 0.717) is 12.8 Å². The maximum atomic E-state index is 13.1. The first-order valence-electron chi connectivity index (χ1n) is 10.5. The van der Waals surface area contributed by atoms with E-state index in [-0.39, 0.29) is 5.91 Å². The molecular formula is C24H25N5O. The summed E-state index contributed by atoms with van der Waals surface area (Å²) in [4.78, 5) is 19.8. The van der Waals surface area contributed by atoms with Crippen LogP contribution in [0.25, 0.3) is 16.6 Å². The molecule has 6 heteroatoms. The summed E-state index contributed by atoms with van der Waals surface area (Å²) in [7, 11) is 0. The zero-order valence-electron chi connectivity index (χ0n) is 17.4. The highest BCUT2D eigenvalue weighted by Crippen LogP contribution is 2.32. The zero-order valence-corrected chi connectivity index (χ0v) is 17.4. The van der Waals surface area contributed by atoms with E-state index in [1.54, 1.807) is 0 Å². The fourth-order valence-corrected chi connectivity index (χ4v) is 4.62. The molecule has 0 atom stereocenters. The van der Waals surface area contributed by atoms with Crippen LogP contribution < -0.4 is 10.6 Å². The molecule has 1 amide bonds. The Balaban J connectivity index is 1.44. The highest BCUT2D eigenvalue weighted by molar-refractivity contribution is 5.96. The lowest BCUT2D eigenvalue weighted by Crippen LogP contribution is -2.36. The van der Waals surface area contributed by atoms with E-state index in [1.165, 1.54) is 0 Å².